The Morgan fingerprint density at radius 2 is 2.00 bits per heavy atom. The molecule has 1 aliphatic rings. The fraction of sp³-hybridized carbons (Fsp3) is 0.222. The molecule has 0 saturated heterocycles. The fourth-order valence-electron chi connectivity index (χ4n) is 2.43. The number of oxime groups is 1. The molecule has 124 valence electrons. The van der Waals surface area contributed by atoms with Gasteiger partial charge in [0.25, 0.3) is 0 Å². The molecule has 2 aromatic rings. The second-order valence-corrected chi connectivity index (χ2v) is 5.42. The number of nitrogens with zero attached hydrogens (tertiary/aromatic N) is 1. The molecule has 0 N–H and O–H groups in total. The van der Waals surface area contributed by atoms with Gasteiger partial charge in [-0.05, 0) is 43.3 Å². The van der Waals surface area contributed by atoms with E-state index in [-0.39, 0.29) is 11.7 Å². The molecule has 5 nitrogen and oxygen atoms in total. The molecule has 0 spiro atoms. The molecule has 3 rings (SSSR count). The summed E-state index contributed by atoms with van der Waals surface area (Å²) in [5.41, 5.74) is 1.60. The van der Waals surface area contributed by atoms with Crippen LogP contribution in [0, 0.1) is 5.82 Å². The molecule has 0 aromatic heterocycles. The lowest BCUT2D eigenvalue weighted by Gasteiger charge is -2.24. The minimum Gasteiger partial charge on any atom is -0.497 e. The number of hydrogen-bond donors (Lipinski definition) is 0. The summed E-state index contributed by atoms with van der Waals surface area (Å²) in [7, 11) is 1.58. The van der Waals surface area contributed by atoms with Crippen molar-refractivity contribution in [2.75, 3.05) is 7.11 Å². The van der Waals surface area contributed by atoms with Gasteiger partial charge in [-0.3, -0.25) is 0 Å². The van der Waals surface area contributed by atoms with Crippen molar-refractivity contribution in [1.82, 2.24) is 0 Å². The van der Waals surface area contributed by atoms with Crippen LogP contribution in [-0.4, -0.2) is 24.9 Å². The van der Waals surface area contributed by atoms with Crippen LogP contribution in [0.1, 0.15) is 29.3 Å². The van der Waals surface area contributed by atoms with Gasteiger partial charge in [0.1, 0.15) is 23.4 Å². The van der Waals surface area contributed by atoms with Crippen LogP contribution >= 0.6 is 0 Å². The molecular formula is C18H16FNO4. The first-order valence-corrected chi connectivity index (χ1v) is 7.45. The van der Waals surface area contributed by atoms with Gasteiger partial charge in [0.05, 0.1) is 18.4 Å². The zero-order valence-corrected chi connectivity index (χ0v) is 13.3. The molecule has 0 radical (unpaired) electrons. The number of rotatable bonds is 3. The predicted molar refractivity (Wildman–Crippen MR) is 86.1 cm³/mol. The van der Waals surface area contributed by atoms with Gasteiger partial charge >= 0.3 is 5.97 Å². The lowest BCUT2D eigenvalue weighted by molar-refractivity contribution is 0.0513. The van der Waals surface area contributed by atoms with Gasteiger partial charge in [-0.25, -0.2) is 9.18 Å². The fourth-order valence-corrected chi connectivity index (χ4v) is 2.43. The summed E-state index contributed by atoms with van der Waals surface area (Å²) in [4.78, 5) is 17.0. The first-order valence-electron chi connectivity index (χ1n) is 7.45. The van der Waals surface area contributed by atoms with Crippen molar-refractivity contribution in [1.29, 1.82) is 0 Å². The highest BCUT2D eigenvalue weighted by atomic mass is 19.1. The number of halogens is 1. The predicted octanol–water partition coefficient (Wildman–Crippen LogP) is 3.57. The molecule has 1 heterocycles. The highest BCUT2D eigenvalue weighted by molar-refractivity contribution is 6.04. The van der Waals surface area contributed by atoms with Gasteiger partial charge in [0.2, 0.25) is 0 Å². The van der Waals surface area contributed by atoms with Crippen molar-refractivity contribution in [2.24, 2.45) is 5.16 Å². The normalized spacial score (nSPS) is 17.8. The van der Waals surface area contributed by atoms with E-state index in [1.54, 1.807) is 19.2 Å². The number of fused-ring (bicyclic) bond motifs is 1. The Morgan fingerprint density at radius 3 is 2.71 bits per heavy atom. The Balaban J connectivity index is 1.83. The lowest BCUT2D eigenvalue weighted by Crippen LogP contribution is -2.25. The first kappa shape index (κ1) is 16.0. The van der Waals surface area contributed by atoms with Crippen LogP contribution < -0.4 is 9.47 Å². The minimum atomic E-state index is -0.642. The van der Waals surface area contributed by atoms with Crippen molar-refractivity contribution in [3.8, 4) is 11.5 Å². The molecule has 0 bridgehead atoms. The van der Waals surface area contributed by atoms with E-state index < -0.39 is 11.8 Å². The summed E-state index contributed by atoms with van der Waals surface area (Å²) in [6.07, 6.45) is 0.406. The van der Waals surface area contributed by atoms with Crippen molar-refractivity contribution in [2.45, 2.75) is 19.4 Å². The number of benzene rings is 2. The molecule has 6 heteroatoms. The van der Waals surface area contributed by atoms with Crippen LogP contribution in [0.4, 0.5) is 4.39 Å². The smallest absolute Gasteiger partial charge is 0.365 e. The maximum absolute atomic E-state index is 12.9. The van der Waals surface area contributed by atoms with Crippen LogP contribution in [0.25, 0.3) is 0 Å². The topological polar surface area (TPSA) is 57.1 Å². The van der Waals surface area contributed by atoms with E-state index in [9.17, 15) is 9.18 Å². The molecule has 24 heavy (non-hydrogen) atoms. The van der Waals surface area contributed by atoms with Crippen molar-refractivity contribution in [3.05, 3.63) is 59.4 Å². The highest BCUT2D eigenvalue weighted by Crippen LogP contribution is 2.31. The average Bonchev–Trinajstić information content (AvgIpc) is 2.59. The Hall–Kier alpha value is -2.89. The molecule has 0 amide bonds. The van der Waals surface area contributed by atoms with E-state index in [2.05, 4.69) is 5.16 Å². The van der Waals surface area contributed by atoms with E-state index in [1.165, 1.54) is 24.3 Å². The summed E-state index contributed by atoms with van der Waals surface area (Å²) in [5, 5.41) is 3.98. The summed E-state index contributed by atoms with van der Waals surface area (Å²) in [6, 6.07) is 10.5. The molecule has 1 aliphatic heterocycles. The summed E-state index contributed by atoms with van der Waals surface area (Å²) in [5.74, 6) is 0.242. The van der Waals surface area contributed by atoms with E-state index in [4.69, 9.17) is 14.3 Å². The van der Waals surface area contributed by atoms with Crippen molar-refractivity contribution >= 4 is 11.7 Å². The van der Waals surface area contributed by atoms with Crippen LogP contribution in [0.5, 0.6) is 11.5 Å². The molecule has 0 aliphatic carbocycles. The molecule has 0 unspecified atom stereocenters. The summed E-state index contributed by atoms with van der Waals surface area (Å²) in [6.45, 7) is 1.90. The number of carbonyl (C=O) groups excluding carboxylic acids is 1. The standard InChI is InChI=1S/C18H16FNO4/c1-11-9-16(15-8-7-14(22-2)10-17(15)23-11)20-24-18(21)12-3-5-13(19)6-4-12/h3-8,10-11H,9H2,1-2H3/b20-16+/t11-/m0/s1. The van der Waals surface area contributed by atoms with Gasteiger partial charge in [-0.2, -0.15) is 0 Å². The third-order valence-electron chi connectivity index (χ3n) is 3.63. The van der Waals surface area contributed by atoms with Crippen molar-refractivity contribution < 1.29 is 23.5 Å². The highest BCUT2D eigenvalue weighted by Gasteiger charge is 2.23. The Kier molecular flexibility index (Phi) is 4.46. The van der Waals surface area contributed by atoms with Gasteiger partial charge in [0.15, 0.2) is 0 Å². The van der Waals surface area contributed by atoms with E-state index in [0.29, 0.717) is 23.6 Å². The maximum Gasteiger partial charge on any atom is 0.365 e. The SMILES string of the molecule is COc1ccc2c(c1)O[C@@H](C)C/C2=N\OC(=O)c1ccc(F)cc1. The molecular weight excluding hydrogens is 313 g/mol. The molecule has 2 aromatic carbocycles. The minimum absolute atomic E-state index is 0.104. The Morgan fingerprint density at radius 1 is 1.25 bits per heavy atom. The van der Waals surface area contributed by atoms with Gasteiger partial charge in [0, 0.05) is 18.1 Å². The van der Waals surface area contributed by atoms with E-state index in [1.807, 2.05) is 13.0 Å². The van der Waals surface area contributed by atoms with Gasteiger partial charge < -0.3 is 14.3 Å². The largest absolute Gasteiger partial charge is 0.497 e. The number of hydrogen-bond acceptors (Lipinski definition) is 5. The summed E-state index contributed by atoms with van der Waals surface area (Å²) < 4.78 is 23.8. The second-order valence-electron chi connectivity index (χ2n) is 5.42. The maximum atomic E-state index is 12.9. The monoisotopic (exact) mass is 329 g/mol. The molecule has 0 saturated carbocycles. The first-order chi connectivity index (χ1) is 11.6. The number of carbonyl (C=O) groups is 1. The summed E-state index contributed by atoms with van der Waals surface area (Å²) >= 11 is 0. The molecule has 1 atom stereocenters. The Labute approximate surface area is 138 Å². The van der Waals surface area contributed by atoms with Crippen LogP contribution in [0.2, 0.25) is 0 Å². The van der Waals surface area contributed by atoms with Gasteiger partial charge in [-0.1, -0.05) is 5.16 Å². The second kappa shape index (κ2) is 6.70. The van der Waals surface area contributed by atoms with E-state index in [0.717, 1.165) is 5.56 Å². The third-order valence-corrected chi connectivity index (χ3v) is 3.63. The van der Waals surface area contributed by atoms with Crippen LogP contribution in [-0.2, 0) is 4.84 Å². The number of ether oxygens (including phenoxy) is 2. The Bertz CT molecular complexity index is 786. The van der Waals surface area contributed by atoms with Crippen LogP contribution in [0.3, 0.4) is 0 Å². The lowest BCUT2D eigenvalue weighted by atomic mass is 10.0. The van der Waals surface area contributed by atoms with Crippen molar-refractivity contribution in [3.63, 3.8) is 0 Å². The quantitative estimate of drug-likeness (QED) is 0.638. The van der Waals surface area contributed by atoms with Crippen LogP contribution in [0.15, 0.2) is 47.6 Å². The van der Waals surface area contributed by atoms with E-state index >= 15 is 0 Å². The zero-order valence-electron chi connectivity index (χ0n) is 13.3. The number of methoxy groups -OCH3 is 1. The molecule has 0 fully saturated rings. The third kappa shape index (κ3) is 3.37. The average molecular weight is 329 g/mol. The van der Waals surface area contributed by atoms with Gasteiger partial charge in [-0.15, -0.1) is 0 Å². The zero-order chi connectivity index (χ0) is 17.1.